The predicted molar refractivity (Wildman–Crippen MR) is 48.0 cm³/mol. The molecule has 1 heterocycles. The number of hydrogen-bond acceptors (Lipinski definition) is 2. The molecule has 0 bridgehead atoms. The van der Waals surface area contributed by atoms with Gasteiger partial charge in [-0.1, -0.05) is 18.5 Å². The van der Waals surface area contributed by atoms with Crippen LogP contribution in [0.4, 0.5) is 5.69 Å². The lowest BCUT2D eigenvalue weighted by Crippen LogP contribution is -1.99. The first-order chi connectivity index (χ1) is 5.33. The van der Waals surface area contributed by atoms with E-state index in [1.54, 1.807) is 12.4 Å². The molecule has 1 rings (SSSR count). The van der Waals surface area contributed by atoms with E-state index in [4.69, 9.17) is 11.6 Å². The number of anilines is 1. The maximum Gasteiger partial charge on any atom is 0.0609 e. The lowest BCUT2D eigenvalue weighted by Gasteiger charge is -2.02. The van der Waals surface area contributed by atoms with Crippen LogP contribution in [0, 0.1) is 0 Å². The van der Waals surface area contributed by atoms with Crippen LogP contribution in [0.1, 0.15) is 13.3 Å². The van der Waals surface area contributed by atoms with E-state index in [2.05, 4.69) is 17.2 Å². The fraction of sp³-hybridized carbons (Fsp3) is 0.375. The quantitative estimate of drug-likeness (QED) is 0.754. The number of pyridine rings is 1. The summed E-state index contributed by atoms with van der Waals surface area (Å²) in [5, 5.41) is 3.86. The van der Waals surface area contributed by atoms with E-state index in [0.717, 1.165) is 18.7 Å². The van der Waals surface area contributed by atoms with Crippen LogP contribution in [-0.4, -0.2) is 11.5 Å². The molecule has 0 spiro atoms. The average Bonchev–Trinajstić information content (AvgIpc) is 2.01. The summed E-state index contributed by atoms with van der Waals surface area (Å²) in [5.41, 5.74) is 0.986. The zero-order chi connectivity index (χ0) is 8.10. The molecule has 0 saturated heterocycles. The van der Waals surface area contributed by atoms with Gasteiger partial charge in [0.05, 0.1) is 16.9 Å². The van der Waals surface area contributed by atoms with Gasteiger partial charge in [-0.15, -0.1) is 0 Å². The Morgan fingerprint density at radius 2 is 2.36 bits per heavy atom. The largest absolute Gasteiger partial charge is 0.384 e. The van der Waals surface area contributed by atoms with Gasteiger partial charge >= 0.3 is 0 Å². The summed E-state index contributed by atoms with van der Waals surface area (Å²) in [7, 11) is 0. The molecule has 60 valence electrons. The lowest BCUT2D eigenvalue weighted by molar-refractivity contribution is 0.977. The van der Waals surface area contributed by atoms with Gasteiger partial charge < -0.3 is 5.32 Å². The number of aromatic nitrogens is 1. The third kappa shape index (κ3) is 2.76. The van der Waals surface area contributed by atoms with Crippen molar-refractivity contribution in [3.63, 3.8) is 0 Å². The molecule has 0 aliphatic heterocycles. The van der Waals surface area contributed by atoms with Gasteiger partial charge in [0.25, 0.3) is 0 Å². The van der Waals surface area contributed by atoms with Crippen LogP contribution in [0.2, 0.25) is 5.02 Å². The van der Waals surface area contributed by atoms with Crippen molar-refractivity contribution in [3.8, 4) is 0 Å². The van der Waals surface area contributed by atoms with Gasteiger partial charge in [0, 0.05) is 12.7 Å². The minimum absolute atomic E-state index is 0.672. The van der Waals surface area contributed by atoms with Crippen molar-refractivity contribution < 1.29 is 0 Å². The van der Waals surface area contributed by atoms with E-state index in [0.29, 0.717) is 5.02 Å². The molecule has 0 aliphatic rings. The smallest absolute Gasteiger partial charge is 0.0609 e. The second-order valence-corrected chi connectivity index (χ2v) is 2.76. The van der Waals surface area contributed by atoms with Gasteiger partial charge in [0.1, 0.15) is 0 Å². The van der Waals surface area contributed by atoms with E-state index >= 15 is 0 Å². The predicted octanol–water partition coefficient (Wildman–Crippen LogP) is 2.56. The van der Waals surface area contributed by atoms with Crippen molar-refractivity contribution in [2.45, 2.75) is 13.3 Å². The van der Waals surface area contributed by atoms with Gasteiger partial charge in [-0.25, -0.2) is 0 Å². The minimum atomic E-state index is 0.672. The van der Waals surface area contributed by atoms with Gasteiger partial charge in [0.15, 0.2) is 0 Å². The van der Waals surface area contributed by atoms with E-state index < -0.39 is 0 Å². The molecule has 0 radical (unpaired) electrons. The first-order valence-electron chi connectivity index (χ1n) is 3.67. The number of hydrogen-bond donors (Lipinski definition) is 1. The zero-order valence-corrected chi connectivity index (χ0v) is 7.23. The highest BCUT2D eigenvalue weighted by Gasteiger charge is 1.91. The van der Waals surface area contributed by atoms with Crippen molar-refractivity contribution in [1.29, 1.82) is 0 Å². The third-order valence-corrected chi connectivity index (χ3v) is 1.49. The Balaban J connectivity index is 2.56. The maximum atomic E-state index is 5.72. The van der Waals surface area contributed by atoms with Crippen molar-refractivity contribution in [3.05, 3.63) is 23.5 Å². The normalized spacial score (nSPS) is 9.64. The molecule has 0 amide bonds. The van der Waals surface area contributed by atoms with Crippen LogP contribution in [-0.2, 0) is 0 Å². The highest BCUT2D eigenvalue weighted by molar-refractivity contribution is 6.30. The molecule has 1 aromatic rings. The molecule has 0 aliphatic carbocycles. The summed E-state index contributed by atoms with van der Waals surface area (Å²) in [4.78, 5) is 3.94. The van der Waals surface area contributed by atoms with Crippen molar-refractivity contribution in [1.82, 2.24) is 4.98 Å². The Morgan fingerprint density at radius 3 is 3.00 bits per heavy atom. The Morgan fingerprint density at radius 1 is 1.55 bits per heavy atom. The molecule has 0 unspecified atom stereocenters. The molecule has 3 heteroatoms. The summed E-state index contributed by atoms with van der Waals surface area (Å²) in [5.74, 6) is 0. The molecule has 11 heavy (non-hydrogen) atoms. The average molecular weight is 171 g/mol. The van der Waals surface area contributed by atoms with Crippen LogP contribution in [0.15, 0.2) is 18.5 Å². The number of halogens is 1. The van der Waals surface area contributed by atoms with Crippen molar-refractivity contribution >= 4 is 17.3 Å². The molecular weight excluding hydrogens is 160 g/mol. The Hall–Kier alpha value is -0.760. The highest BCUT2D eigenvalue weighted by atomic mass is 35.5. The van der Waals surface area contributed by atoms with E-state index in [9.17, 15) is 0 Å². The Bertz CT molecular complexity index is 225. The van der Waals surface area contributed by atoms with Crippen LogP contribution >= 0.6 is 11.6 Å². The van der Waals surface area contributed by atoms with E-state index in [1.165, 1.54) is 0 Å². The monoisotopic (exact) mass is 170 g/mol. The van der Waals surface area contributed by atoms with Gasteiger partial charge in [0.2, 0.25) is 0 Å². The molecule has 0 fully saturated rings. The standard InChI is InChI=1S/C8H11ClN2/c1-2-3-11-8-4-7(9)5-10-6-8/h4-6,11H,2-3H2,1H3. The summed E-state index contributed by atoms with van der Waals surface area (Å²) >= 11 is 5.72. The second-order valence-electron chi connectivity index (χ2n) is 2.32. The molecule has 0 saturated carbocycles. The number of nitrogens with zero attached hydrogens (tertiary/aromatic N) is 1. The minimum Gasteiger partial charge on any atom is -0.384 e. The first kappa shape index (κ1) is 8.34. The Kier molecular flexibility index (Phi) is 3.17. The first-order valence-corrected chi connectivity index (χ1v) is 4.05. The summed E-state index contributed by atoms with van der Waals surface area (Å²) in [6.45, 7) is 3.08. The molecule has 2 nitrogen and oxygen atoms in total. The molecule has 1 aromatic heterocycles. The van der Waals surface area contributed by atoms with Gasteiger partial charge in [-0.2, -0.15) is 0 Å². The summed E-state index contributed by atoms with van der Waals surface area (Å²) < 4.78 is 0. The lowest BCUT2D eigenvalue weighted by atomic mass is 10.4. The highest BCUT2D eigenvalue weighted by Crippen LogP contribution is 2.12. The Labute approximate surface area is 71.6 Å². The van der Waals surface area contributed by atoms with Crippen LogP contribution in [0.25, 0.3) is 0 Å². The molecule has 1 N–H and O–H groups in total. The summed E-state index contributed by atoms with van der Waals surface area (Å²) in [6.07, 6.45) is 4.49. The van der Waals surface area contributed by atoms with E-state index in [-0.39, 0.29) is 0 Å². The van der Waals surface area contributed by atoms with Crippen LogP contribution < -0.4 is 5.32 Å². The fourth-order valence-corrected chi connectivity index (χ4v) is 0.952. The third-order valence-electron chi connectivity index (χ3n) is 1.28. The zero-order valence-electron chi connectivity index (χ0n) is 6.47. The molecular formula is C8H11ClN2. The summed E-state index contributed by atoms with van der Waals surface area (Å²) in [6, 6.07) is 1.87. The topological polar surface area (TPSA) is 24.9 Å². The van der Waals surface area contributed by atoms with Crippen molar-refractivity contribution in [2.24, 2.45) is 0 Å². The molecule has 0 atom stereocenters. The number of nitrogens with one attached hydrogen (secondary N) is 1. The van der Waals surface area contributed by atoms with Crippen molar-refractivity contribution in [2.75, 3.05) is 11.9 Å². The van der Waals surface area contributed by atoms with Gasteiger partial charge in [-0.05, 0) is 12.5 Å². The van der Waals surface area contributed by atoms with Crippen LogP contribution in [0.5, 0.6) is 0 Å². The second kappa shape index (κ2) is 4.19. The SMILES string of the molecule is CCCNc1cncc(Cl)c1. The van der Waals surface area contributed by atoms with E-state index in [1.807, 2.05) is 6.07 Å². The maximum absolute atomic E-state index is 5.72. The molecule has 0 aromatic carbocycles. The van der Waals surface area contributed by atoms with Gasteiger partial charge in [-0.3, -0.25) is 4.98 Å². The number of rotatable bonds is 3. The van der Waals surface area contributed by atoms with Crippen LogP contribution in [0.3, 0.4) is 0 Å². The fourth-order valence-electron chi connectivity index (χ4n) is 0.778.